The van der Waals surface area contributed by atoms with Crippen molar-refractivity contribution in [2.75, 3.05) is 26.4 Å². The monoisotopic (exact) mass is 551 g/mol. The molecule has 1 fully saturated rings. The number of piperidine rings is 1. The number of rotatable bonds is 9. The second kappa shape index (κ2) is 12.1. The summed E-state index contributed by atoms with van der Waals surface area (Å²) in [5, 5.41) is 0.336. The molecule has 0 aliphatic carbocycles. The van der Waals surface area contributed by atoms with Gasteiger partial charge in [-0.3, -0.25) is 9.36 Å². The zero-order chi connectivity index (χ0) is 28.2. The third kappa shape index (κ3) is 6.14. The summed E-state index contributed by atoms with van der Waals surface area (Å²) in [6.45, 7) is 5.66. The summed E-state index contributed by atoms with van der Waals surface area (Å²) in [7, 11) is 0. The fourth-order valence-corrected chi connectivity index (χ4v) is 5.17. The molecule has 2 heterocycles. The van der Waals surface area contributed by atoms with Crippen LogP contribution in [-0.2, 0) is 6.54 Å². The van der Waals surface area contributed by atoms with E-state index in [1.807, 2.05) is 0 Å². The van der Waals surface area contributed by atoms with Gasteiger partial charge in [0, 0.05) is 25.2 Å². The molecule has 5 rings (SSSR count). The van der Waals surface area contributed by atoms with Crippen LogP contribution in [-0.4, -0.2) is 46.9 Å². The molecule has 3 aromatic carbocycles. The Hall–Kier alpha value is -3.85. The van der Waals surface area contributed by atoms with E-state index in [0.29, 0.717) is 35.0 Å². The number of aromatic nitrogens is 2. The molecule has 4 aromatic rings. The van der Waals surface area contributed by atoms with Crippen LogP contribution in [0, 0.1) is 17.6 Å². The molecule has 40 heavy (non-hydrogen) atoms. The lowest BCUT2D eigenvalue weighted by atomic mass is 9.96. The van der Waals surface area contributed by atoms with Crippen molar-refractivity contribution in [2.45, 2.75) is 39.3 Å². The highest BCUT2D eigenvalue weighted by atomic mass is 19.1. The van der Waals surface area contributed by atoms with Crippen molar-refractivity contribution in [1.29, 1.82) is 0 Å². The molecular formula is C31H32F3N3O3. The summed E-state index contributed by atoms with van der Waals surface area (Å²) in [5.74, 6) is 0.455. The van der Waals surface area contributed by atoms with Gasteiger partial charge in [0.1, 0.15) is 48.0 Å². The number of hydrogen-bond donors (Lipinski definition) is 0. The molecule has 1 aliphatic heterocycles. The normalized spacial score (nSPS) is 16.0. The molecule has 0 N–H and O–H groups in total. The first kappa shape index (κ1) is 27.7. The van der Waals surface area contributed by atoms with Crippen molar-refractivity contribution >= 4 is 10.9 Å². The van der Waals surface area contributed by atoms with Crippen LogP contribution >= 0.6 is 0 Å². The zero-order valence-electron chi connectivity index (χ0n) is 22.6. The number of alkyl halides is 1. The first-order valence-corrected chi connectivity index (χ1v) is 13.5. The number of fused-ring (bicyclic) bond motifs is 1. The van der Waals surface area contributed by atoms with Gasteiger partial charge in [-0.1, -0.05) is 0 Å². The van der Waals surface area contributed by atoms with Gasteiger partial charge in [-0.2, -0.15) is 0 Å². The van der Waals surface area contributed by atoms with Crippen LogP contribution in [0.1, 0.15) is 26.7 Å². The standard InChI is InChI=1S/C31H32F3N3O3/c1-20(2)36-14-3-4-21(18-36)19-37-30(26-11-9-24(17-28(26)34)39-15-13-32)35-29-12-10-25(16-27(29)31(37)38)40-23-7-5-22(33)6-8-23/h5-12,16-17,20-21H,3-4,13-15,18-19H2,1-2H3/t21-/m0/s1. The minimum Gasteiger partial charge on any atom is -0.491 e. The molecule has 1 atom stereocenters. The van der Waals surface area contributed by atoms with Crippen molar-refractivity contribution in [3.05, 3.63) is 82.7 Å². The Labute approximate surface area is 231 Å². The summed E-state index contributed by atoms with van der Waals surface area (Å²) in [5.41, 5.74) is 0.255. The van der Waals surface area contributed by atoms with Gasteiger partial charge in [0.15, 0.2) is 0 Å². The lowest BCUT2D eigenvalue weighted by molar-refractivity contribution is 0.130. The average Bonchev–Trinajstić information content (AvgIpc) is 2.95. The molecule has 0 radical (unpaired) electrons. The second-order valence-corrected chi connectivity index (χ2v) is 10.4. The number of hydrogen-bond acceptors (Lipinski definition) is 5. The number of benzene rings is 3. The Morgan fingerprint density at radius 2 is 1.75 bits per heavy atom. The fourth-order valence-electron chi connectivity index (χ4n) is 5.17. The van der Waals surface area contributed by atoms with Crippen molar-refractivity contribution in [2.24, 2.45) is 5.92 Å². The summed E-state index contributed by atoms with van der Waals surface area (Å²) in [6, 6.07) is 15.2. The highest BCUT2D eigenvalue weighted by Gasteiger charge is 2.25. The molecule has 9 heteroatoms. The van der Waals surface area contributed by atoms with E-state index in [2.05, 4.69) is 18.7 Å². The smallest absolute Gasteiger partial charge is 0.261 e. The second-order valence-electron chi connectivity index (χ2n) is 10.4. The van der Waals surface area contributed by atoms with Crippen LogP contribution in [0.3, 0.4) is 0 Å². The van der Waals surface area contributed by atoms with Crippen molar-refractivity contribution < 1.29 is 22.6 Å². The molecule has 1 aromatic heterocycles. The number of halogens is 3. The van der Waals surface area contributed by atoms with Gasteiger partial charge in [0.25, 0.3) is 5.56 Å². The van der Waals surface area contributed by atoms with E-state index in [4.69, 9.17) is 14.5 Å². The number of ether oxygens (including phenoxy) is 2. The molecule has 0 spiro atoms. The zero-order valence-corrected chi connectivity index (χ0v) is 22.6. The van der Waals surface area contributed by atoms with Crippen LogP contribution in [0.4, 0.5) is 13.2 Å². The van der Waals surface area contributed by atoms with Gasteiger partial charge in [-0.05, 0) is 93.7 Å². The van der Waals surface area contributed by atoms with Crippen LogP contribution in [0.5, 0.6) is 17.2 Å². The third-order valence-electron chi connectivity index (χ3n) is 7.22. The quantitative estimate of drug-likeness (QED) is 0.235. The van der Waals surface area contributed by atoms with Gasteiger partial charge >= 0.3 is 0 Å². The Kier molecular flexibility index (Phi) is 8.40. The van der Waals surface area contributed by atoms with Crippen LogP contribution < -0.4 is 15.0 Å². The fraction of sp³-hybridized carbons (Fsp3) is 0.355. The van der Waals surface area contributed by atoms with Gasteiger partial charge < -0.3 is 14.4 Å². The summed E-state index contributed by atoms with van der Waals surface area (Å²) in [6.07, 6.45) is 1.96. The highest BCUT2D eigenvalue weighted by Crippen LogP contribution is 2.30. The maximum absolute atomic E-state index is 15.4. The first-order valence-electron chi connectivity index (χ1n) is 13.5. The molecule has 0 saturated carbocycles. The average molecular weight is 552 g/mol. The lowest BCUT2D eigenvalue weighted by Gasteiger charge is -2.35. The van der Waals surface area contributed by atoms with Crippen LogP contribution in [0.2, 0.25) is 0 Å². The van der Waals surface area contributed by atoms with Crippen molar-refractivity contribution in [3.63, 3.8) is 0 Å². The van der Waals surface area contributed by atoms with Gasteiger partial charge in [-0.25, -0.2) is 18.2 Å². The Morgan fingerprint density at radius 3 is 2.48 bits per heavy atom. The topological polar surface area (TPSA) is 56.6 Å². The largest absolute Gasteiger partial charge is 0.491 e. The van der Waals surface area contributed by atoms with E-state index >= 15 is 4.39 Å². The van der Waals surface area contributed by atoms with E-state index in [1.54, 1.807) is 28.8 Å². The highest BCUT2D eigenvalue weighted by molar-refractivity contribution is 5.81. The van der Waals surface area contributed by atoms with E-state index in [0.717, 1.165) is 25.9 Å². The maximum atomic E-state index is 15.4. The third-order valence-corrected chi connectivity index (χ3v) is 7.22. The molecule has 1 aliphatic rings. The molecule has 0 unspecified atom stereocenters. The number of nitrogens with zero attached hydrogens (tertiary/aromatic N) is 3. The van der Waals surface area contributed by atoms with Crippen molar-refractivity contribution in [1.82, 2.24) is 14.5 Å². The molecule has 6 nitrogen and oxygen atoms in total. The predicted molar refractivity (Wildman–Crippen MR) is 149 cm³/mol. The summed E-state index contributed by atoms with van der Waals surface area (Å²) < 4.78 is 53.9. The van der Waals surface area contributed by atoms with E-state index in [1.165, 1.54) is 36.4 Å². The van der Waals surface area contributed by atoms with Crippen molar-refractivity contribution in [3.8, 4) is 28.6 Å². The Balaban J connectivity index is 1.57. The first-order chi connectivity index (χ1) is 19.3. The minimum atomic E-state index is -0.684. The van der Waals surface area contributed by atoms with Crippen LogP contribution in [0.25, 0.3) is 22.3 Å². The molecule has 0 bridgehead atoms. The lowest BCUT2D eigenvalue weighted by Crippen LogP contribution is -2.42. The van der Waals surface area contributed by atoms with E-state index in [-0.39, 0.29) is 41.0 Å². The molecular weight excluding hydrogens is 519 g/mol. The summed E-state index contributed by atoms with van der Waals surface area (Å²) in [4.78, 5) is 21.1. The van der Waals surface area contributed by atoms with Crippen LogP contribution in [0.15, 0.2) is 65.5 Å². The maximum Gasteiger partial charge on any atom is 0.261 e. The molecule has 1 saturated heterocycles. The number of likely N-dealkylation sites (tertiary alicyclic amines) is 1. The van der Waals surface area contributed by atoms with Gasteiger partial charge in [-0.15, -0.1) is 0 Å². The van der Waals surface area contributed by atoms with E-state index < -0.39 is 12.5 Å². The molecule has 210 valence electrons. The predicted octanol–water partition coefficient (Wildman–Crippen LogP) is 6.60. The Morgan fingerprint density at radius 1 is 1.00 bits per heavy atom. The molecule has 0 amide bonds. The minimum absolute atomic E-state index is 0.162. The summed E-state index contributed by atoms with van der Waals surface area (Å²) >= 11 is 0. The van der Waals surface area contributed by atoms with E-state index in [9.17, 15) is 13.6 Å². The van der Waals surface area contributed by atoms with Gasteiger partial charge in [0.2, 0.25) is 0 Å². The Bertz CT molecular complexity index is 1540. The SMILES string of the molecule is CC(C)N1CCC[C@H](Cn2c(-c3ccc(OCCF)cc3F)nc3ccc(Oc4ccc(F)cc4)cc3c2=O)C1. The van der Waals surface area contributed by atoms with Gasteiger partial charge in [0.05, 0.1) is 16.5 Å².